The summed E-state index contributed by atoms with van der Waals surface area (Å²) in [5.41, 5.74) is 23.0. The molecule has 0 saturated carbocycles. The van der Waals surface area contributed by atoms with E-state index in [-0.39, 0.29) is 23.0 Å². The van der Waals surface area contributed by atoms with E-state index >= 15 is 0 Å². The first-order valence-corrected chi connectivity index (χ1v) is 25.2. The van der Waals surface area contributed by atoms with Crippen molar-refractivity contribution in [2.75, 3.05) is 9.80 Å². The molecule has 9 aromatic carbocycles. The van der Waals surface area contributed by atoms with E-state index in [1.54, 1.807) is 0 Å². The number of fused-ring (bicyclic) bond motifs is 10. The van der Waals surface area contributed by atoms with Gasteiger partial charge in [0.2, 0.25) is 0 Å². The molecule has 4 nitrogen and oxygen atoms in total. The number of rotatable bonds is 4. The Hall–Kier alpha value is -7.76. The van der Waals surface area contributed by atoms with Crippen LogP contribution < -0.4 is 26.2 Å². The van der Waals surface area contributed by atoms with Crippen molar-refractivity contribution in [2.24, 2.45) is 0 Å². The van der Waals surface area contributed by atoms with Gasteiger partial charge in [-0.2, -0.15) is 0 Å². The van der Waals surface area contributed by atoms with Crippen molar-refractivity contribution >= 4 is 101 Å². The predicted octanol–water partition coefficient (Wildman–Crippen LogP) is 16.8. The van der Waals surface area contributed by atoms with E-state index in [1.165, 1.54) is 67.0 Å². The highest BCUT2D eigenvalue weighted by Crippen LogP contribution is 2.48. The van der Waals surface area contributed by atoms with Crippen LogP contribution in [0.4, 0.5) is 34.1 Å². The second-order valence-electron chi connectivity index (χ2n) is 23.0. The normalized spacial score (nSPS) is 13.6. The number of hydrogen-bond acceptors (Lipinski definition) is 4. The molecule has 2 aliphatic heterocycles. The first kappa shape index (κ1) is 43.3. The average molecular weight is 921 g/mol. The molecule has 2 aliphatic rings. The fraction of sp³-hybridized carbons (Fsp3) is 0.182. The molecule has 0 amide bonds. The average Bonchev–Trinajstić information content (AvgIpc) is 3.94. The van der Waals surface area contributed by atoms with Crippen molar-refractivity contribution in [3.8, 4) is 22.3 Å². The highest BCUT2D eigenvalue weighted by molar-refractivity contribution is 7.00. The van der Waals surface area contributed by atoms with Gasteiger partial charge in [-0.1, -0.05) is 172 Å². The monoisotopic (exact) mass is 920 g/mol. The maximum absolute atomic E-state index is 6.49. The Morgan fingerprint density at radius 2 is 0.789 bits per heavy atom. The van der Waals surface area contributed by atoms with E-state index in [2.05, 4.69) is 248 Å². The summed E-state index contributed by atoms with van der Waals surface area (Å²) in [5.74, 6) is 0. The largest absolute Gasteiger partial charge is 0.456 e. The number of hydrogen-bond donors (Lipinski definition) is 0. The molecule has 0 bridgehead atoms. The van der Waals surface area contributed by atoms with Crippen LogP contribution in [-0.2, 0) is 16.2 Å². The third kappa shape index (κ3) is 6.80. The molecule has 0 radical (unpaired) electrons. The van der Waals surface area contributed by atoms with Crippen molar-refractivity contribution in [1.82, 2.24) is 0 Å². The molecule has 2 aromatic heterocycles. The van der Waals surface area contributed by atoms with Gasteiger partial charge in [-0.3, -0.25) is 0 Å². The van der Waals surface area contributed by atoms with Gasteiger partial charge < -0.3 is 18.6 Å². The lowest BCUT2D eigenvalue weighted by Crippen LogP contribution is -2.61. The molecular formula is C66H57BN2O2. The highest BCUT2D eigenvalue weighted by Gasteiger charge is 2.45. The number of benzene rings is 9. The van der Waals surface area contributed by atoms with Crippen LogP contribution in [0, 0.1) is 0 Å². The van der Waals surface area contributed by atoms with Gasteiger partial charge in [0, 0.05) is 55.7 Å². The topological polar surface area (TPSA) is 32.8 Å². The Labute approximate surface area is 417 Å². The van der Waals surface area contributed by atoms with Crippen LogP contribution in [0.15, 0.2) is 191 Å². The zero-order chi connectivity index (χ0) is 48.7. The number of para-hydroxylation sites is 2. The van der Waals surface area contributed by atoms with Crippen LogP contribution in [0.5, 0.6) is 0 Å². The Morgan fingerprint density at radius 3 is 1.32 bits per heavy atom. The third-order valence-corrected chi connectivity index (χ3v) is 15.3. The van der Waals surface area contributed by atoms with E-state index in [0.717, 1.165) is 66.4 Å². The molecule has 0 aliphatic carbocycles. The quantitative estimate of drug-likeness (QED) is 0.165. The minimum atomic E-state index is -0.142. The zero-order valence-electron chi connectivity index (χ0n) is 42.1. The molecule has 4 heterocycles. The number of furan rings is 2. The molecule has 11 aromatic rings. The molecule has 0 N–H and O–H groups in total. The zero-order valence-corrected chi connectivity index (χ0v) is 42.1. The van der Waals surface area contributed by atoms with Gasteiger partial charge in [0.15, 0.2) is 0 Å². The maximum atomic E-state index is 6.49. The standard InChI is InChI=1S/C66H57BN2O2/c1-64(2,3)42-27-32-46(33-28-42)69-54-35-29-43(65(4,5)6)37-52(54)67-51-36-41(48-19-15-23-60-62(48)50-17-11-13-21-58(50)71-60)26-34-53(51)68(55-38-44(66(7,8)9)39-56(69)63(55)67)45-30-24-40(25-31-45)47-18-14-22-59-61(47)49-16-10-12-20-57(49)70-59/h10-39H,1-9H3. The van der Waals surface area contributed by atoms with Crippen LogP contribution in [-0.4, -0.2) is 6.71 Å². The Kier molecular flexibility index (Phi) is 9.37. The molecular weight excluding hydrogens is 864 g/mol. The van der Waals surface area contributed by atoms with Crippen molar-refractivity contribution in [3.63, 3.8) is 0 Å². The van der Waals surface area contributed by atoms with Crippen LogP contribution in [0.25, 0.3) is 66.1 Å². The third-order valence-electron chi connectivity index (χ3n) is 15.3. The molecule has 0 saturated heterocycles. The van der Waals surface area contributed by atoms with Gasteiger partial charge >= 0.3 is 0 Å². The van der Waals surface area contributed by atoms with Crippen LogP contribution >= 0.6 is 0 Å². The van der Waals surface area contributed by atoms with E-state index in [1.807, 2.05) is 6.07 Å². The first-order valence-electron chi connectivity index (χ1n) is 25.2. The number of nitrogens with zero attached hydrogens (tertiary/aromatic N) is 2. The fourth-order valence-electron chi connectivity index (χ4n) is 11.6. The predicted molar refractivity (Wildman–Crippen MR) is 302 cm³/mol. The molecule has 13 rings (SSSR count). The van der Waals surface area contributed by atoms with Crippen molar-refractivity contribution < 1.29 is 8.83 Å². The molecule has 0 spiro atoms. The molecule has 0 unspecified atom stereocenters. The summed E-state index contributed by atoms with van der Waals surface area (Å²) in [5, 5.41) is 4.55. The summed E-state index contributed by atoms with van der Waals surface area (Å²) in [6.07, 6.45) is 0. The first-order chi connectivity index (χ1) is 34.1. The summed E-state index contributed by atoms with van der Waals surface area (Å²) in [6.45, 7) is 20.8. The van der Waals surface area contributed by atoms with E-state index < -0.39 is 0 Å². The van der Waals surface area contributed by atoms with Crippen LogP contribution in [0.2, 0.25) is 0 Å². The molecule has 0 atom stereocenters. The number of anilines is 6. The van der Waals surface area contributed by atoms with Crippen molar-refractivity contribution in [1.29, 1.82) is 0 Å². The van der Waals surface area contributed by atoms with Gasteiger partial charge in [0.25, 0.3) is 6.71 Å². The van der Waals surface area contributed by atoms with Crippen molar-refractivity contribution in [3.05, 3.63) is 199 Å². The minimum absolute atomic E-state index is 0.0275. The summed E-state index contributed by atoms with van der Waals surface area (Å²) in [7, 11) is 0. The van der Waals surface area contributed by atoms with Gasteiger partial charge in [-0.15, -0.1) is 0 Å². The highest BCUT2D eigenvalue weighted by atomic mass is 16.3. The smallest absolute Gasteiger partial charge is 0.252 e. The summed E-state index contributed by atoms with van der Waals surface area (Å²) < 4.78 is 12.9. The van der Waals surface area contributed by atoms with E-state index in [9.17, 15) is 0 Å². The second kappa shape index (κ2) is 15.4. The minimum Gasteiger partial charge on any atom is -0.456 e. The molecule has 0 fully saturated rings. The summed E-state index contributed by atoms with van der Waals surface area (Å²) in [6, 6.07) is 67.7. The summed E-state index contributed by atoms with van der Waals surface area (Å²) >= 11 is 0. The SMILES string of the molecule is CC(C)(C)c1ccc(N2c3ccc(C(C)(C)C)cc3B3c4cc(-c5cccc6oc7ccccc7c56)ccc4N(c4ccc(-c5cccc6oc7ccccc7c56)cc4)c4cc(C(C)(C)C)cc2c43)cc1. The van der Waals surface area contributed by atoms with Gasteiger partial charge in [0.1, 0.15) is 22.3 Å². The molecule has 5 heteroatoms. The maximum Gasteiger partial charge on any atom is 0.252 e. The van der Waals surface area contributed by atoms with E-state index in [4.69, 9.17) is 8.83 Å². The Bertz CT molecular complexity index is 3950. The van der Waals surface area contributed by atoms with Gasteiger partial charge in [-0.25, -0.2) is 0 Å². The Balaban J connectivity index is 1.09. The lowest BCUT2D eigenvalue weighted by Gasteiger charge is -2.45. The Morgan fingerprint density at radius 1 is 0.352 bits per heavy atom. The van der Waals surface area contributed by atoms with Crippen LogP contribution in [0.3, 0.4) is 0 Å². The summed E-state index contributed by atoms with van der Waals surface area (Å²) in [4.78, 5) is 5.11. The molecule has 71 heavy (non-hydrogen) atoms. The van der Waals surface area contributed by atoms with Gasteiger partial charge in [0.05, 0.1) is 0 Å². The molecule has 346 valence electrons. The lowest BCUT2D eigenvalue weighted by molar-refractivity contribution is 0.589. The van der Waals surface area contributed by atoms with Gasteiger partial charge in [-0.05, 0) is 144 Å². The van der Waals surface area contributed by atoms with Crippen LogP contribution in [0.1, 0.15) is 79.0 Å². The lowest BCUT2D eigenvalue weighted by atomic mass is 9.33. The fourth-order valence-corrected chi connectivity index (χ4v) is 11.6. The second-order valence-corrected chi connectivity index (χ2v) is 23.0. The van der Waals surface area contributed by atoms with Crippen molar-refractivity contribution in [2.45, 2.75) is 78.6 Å². The van der Waals surface area contributed by atoms with E-state index in [0.29, 0.717) is 0 Å².